The van der Waals surface area contributed by atoms with E-state index in [1.54, 1.807) is 4.68 Å². The molecule has 2 aliphatic heterocycles. The second kappa shape index (κ2) is 7.72. The molecule has 3 aromatic rings. The summed E-state index contributed by atoms with van der Waals surface area (Å²) in [6, 6.07) is 11.6. The van der Waals surface area contributed by atoms with Gasteiger partial charge >= 0.3 is 0 Å². The number of aryl methyl sites for hydroxylation is 1. The van der Waals surface area contributed by atoms with E-state index in [1.165, 1.54) is 19.3 Å². The number of rotatable bonds is 3. The van der Waals surface area contributed by atoms with Gasteiger partial charge in [0.25, 0.3) is 0 Å². The standard InChI is InChI=1S/C22H23ClN6O/c1-14-21-17(15-6-5-7-16(23)12-15)13-20(30)24-22(21)29(27-14)19-9-8-18(25-26-19)28-10-3-2-4-11-28/h5-9,12,17H,2-4,10-11,13H2,1H3,(H,24,30)/t17-/m1/s1. The van der Waals surface area contributed by atoms with E-state index in [2.05, 4.69) is 20.4 Å². The Hall–Kier alpha value is -2.93. The maximum absolute atomic E-state index is 12.5. The molecule has 0 aliphatic carbocycles. The minimum absolute atomic E-state index is 0.0495. The third-order valence-corrected chi connectivity index (χ3v) is 6.12. The highest BCUT2D eigenvalue weighted by Crippen LogP contribution is 2.40. The van der Waals surface area contributed by atoms with Crippen LogP contribution in [0.2, 0.25) is 5.02 Å². The number of fused-ring (bicyclic) bond motifs is 1. The van der Waals surface area contributed by atoms with Gasteiger partial charge in [0, 0.05) is 36.0 Å². The number of hydrogen-bond acceptors (Lipinski definition) is 5. The topological polar surface area (TPSA) is 75.9 Å². The number of halogens is 1. The van der Waals surface area contributed by atoms with Crippen molar-refractivity contribution in [2.75, 3.05) is 23.3 Å². The zero-order valence-corrected chi connectivity index (χ0v) is 17.6. The van der Waals surface area contributed by atoms with Gasteiger partial charge in [-0.2, -0.15) is 9.78 Å². The molecule has 1 saturated heterocycles. The fourth-order valence-electron chi connectivity index (χ4n) is 4.44. The summed E-state index contributed by atoms with van der Waals surface area (Å²) in [5, 5.41) is 17.2. The molecule has 0 bridgehead atoms. The van der Waals surface area contributed by atoms with Gasteiger partial charge in [0.05, 0.1) is 5.69 Å². The Morgan fingerprint density at radius 2 is 1.83 bits per heavy atom. The van der Waals surface area contributed by atoms with Crippen LogP contribution in [0.15, 0.2) is 36.4 Å². The molecule has 4 heterocycles. The summed E-state index contributed by atoms with van der Waals surface area (Å²) in [6.45, 7) is 3.99. The third-order valence-electron chi connectivity index (χ3n) is 5.89. The van der Waals surface area contributed by atoms with Crippen LogP contribution in [0.3, 0.4) is 0 Å². The monoisotopic (exact) mass is 422 g/mol. The van der Waals surface area contributed by atoms with E-state index in [9.17, 15) is 4.79 Å². The van der Waals surface area contributed by atoms with Crippen LogP contribution < -0.4 is 10.2 Å². The van der Waals surface area contributed by atoms with Crippen molar-refractivity contribution in [3.05, 3.63) is 58.2 Å². The lowest BCUT2D eigenvalue weighted by molar-refractivity contribution is -0.116. The van der Waals surface area contributed by atoms with E-state index in [4.69, 9.17) is 16.7 Å². The Bertz CT molecular complexity index is 1090. The first kappa shape index (κ1) is 19.1. The Balaban J connectivity index is 1.52. The van der Waals surface area contributed by atoms with E-state index in [-0.39, 0.29) is 11.8 Å². The van der Waals surface area contributed by atoms with Crippen LogP contribution in [0.1, 0.15) is 48.4 Å². The van der Waals surface area contributed by atoms with Crippen LogP contribution in [0.4, 0.5) is 11.6 Å². The summed E-state index contributed by atoms with van der Waals surface area (Å²) < 4.78 is 1.69. The predicted molar refractivity (Wildman–Crippen MR) is 116 cm³/mol. The van der Waals surface area contributed by atoms with Crippen molar-refractivity contribution in [1.29, 1.82) is 0 Å². The molecule has 154 valence electrons. The number of benzene rings is 1. The average molecular weight is 423 g/mol. The van der Waals surface area contributed by atoms with E-state index in [1.807, 2.05) is 43.3 Å². The number of anilines is 2. The highest BCUT2D eigenvalue weighted by molar-refractivity contribution is 6.30. The molecule has 30 heavy (non-hydrogen) atoms. The second-order valence-electron chi connectivity index (χ2n) is 7.92. The Morgan fingerprint density at radius 3 is 2.57 bits per heavy atom. The minimum atomic E-state index is -0.0956. The average Bonchev–Trinajstić information content (AvgIpc) is 3.10. The van der Waals surface area contributed by atoms with E-state index in [0.717, 1.165) is 35.7 Å². The molecule has 2 aliphatic rings. The van der Waals surface area contributed by atoms with Crippen LogP contribution in [0, 0.1) is 6.92 Å². The molecule has 0 radical (unpaired) electrons. The van der Waals surface area contributed by atoms with Crippen molar-refractivity contribution in [3.8, 4) is 5.82 Å². The van der Waals surface area contributed by atoms with E-state index < -0.39 is 0 Å². The van der Waals surface area contributed by atoms with Gasteiger partial charge in [0.2, 0.25) is 5.91 Å². The molecule has 8 heteroatoms. The molecule has 0 saturated carbocycles. The van der Waals surface area contributed by atoms with Crippen molar-refractivity contribution >= 4 is 29.1 Å². The fraction of sp³-hybridized carbons (Fsp3) is 0.364. The molecule has 0 spiro atoms. The lowest BCUT2D eigenvalue weighted by Gasteiger charge is -2.27. The van der Waals surface area contributed by atoms with Crippen molar-refractivity contribution in [2.24, 2.45) is 0 Å². The minimum Gasteiger partial charge on any atom is -0.355 e. The molecule has 1 aromatic carbocycles. The lowest BCUT2D eigenvalue weighted by atomic mass is 9.86. The number of nitrogens with zero attached hydrogens (tertiary/aromatic N) is 5. The normalized spacial score (nSPS) is 18.8. The maximum Gasteiger partial charge on any atom is 0.226 e. The first-order chi connectivity index (χ1) is 14.6. The second-order valence-corrected chi connectivity index (χ2v) is 8.35. The highest BCUT2D eigenvalue weighted by Gasteiger charge is 2.33. The first-order valence-corrected chi connectivity index (χ1v) is 10.7. The SMILES string of the molecule is Cc1nn(-c2ccc(N3CCCCC3)nn2)c2c1[C@@H](c1cccc(Cl)c1)CC(=O)N2. The molecular formula is C22H23ClN6O. The van der Waals surface area contributed by atoms with Crippen LogP contribution >= 0.6 is 11.6 Å². The molecule has 2 aromatic heterocycles. The molecular weight excluding hydrogens is 400 g/mol. The number of carbonyl (C=O) groups excluding carboxylic acids is 1. The maximum atomic E-state index is 12.5. The summed E-state index contributed by atoms with van der Waals surface area (Å²) in [4.78, 5) is 14.8. The van der Waals surface area contributed by atoms with Gasteiger partial charge in [-0.3, -0.25) is 4.79 Å². The Kier molecular flexibility index (Phi) is 4.90. The zero-order chi connectivity index (χ0) is 20.7. The predicted octanol–water partition coefficient (Wildman–Crippen LogP) is 4.09. The molecule has 0 unspecified atom stereocenters. The zero-order valence-electron chi connectivity index (χ0n) is 16.8. The fourth-order valence-corrected chi connectivity index (χ4v) is 4.64. The van der Waals surface area contributed by atoms with Crippen LogP contribution in [-0.2, 0) is 4.79 Å². The number of nitrogens with one attached hydrogen (secondary N) is 1. The van der Waals surface area contributed by atoms with Gasteiger partial charge in [0.15, 0.2) is 11.6 Å². The number of piperidine rings is 1. The third kappa shape index (κ3) is 3.43. The molecule has 1 fully saturated rings. The van der Waals surface area contributed by atoms with Crippen LogP contribution in [0.5, 0.6) is 0 Å². The van der Waals surface area contributed by atoms with Gasteiger partial charge in [-0.05, 0) is 56.0 Å². The number of amides is 1. The summed E-state index contributed by atoms with van der Waals surface area (Å²) >= 11 is 6.20. The van der Waals surface area contributed by atoms with Crippen LogP contribution in [0.25, 0.3) is 5.82 Å². The van der Waals surface area contributed by atoms with E-state index in [0.29, 0.717) is 23.1 Å². The molecule has 7 nitrogen and oxygen atoms in total. The summed E-state index contributed by atoms with van der Waals surface area (Å²) in [6.07, 6.45) is 4.01. The van der Waals surface area contributed by atoms with E-state index >= 15 is 0 Å². The van der Waals surface area contributed by atoms with Gasteiger partial charge in [-0.25, -0.2) is 0 Å². The van der Waals surface area contributed by atoms with Crippen molar-refractivity contribution in [3.63, 3.8) is 0 Å². The highest BCUT2D eigenvalue weighted by atomic mass is 35.5. The quantitative estimate of drug-likeness (QED) is 0.688. The number of carbonyl (C=O) groups is 1. The van der Waals surface area contributed by atoms with Crippen molar-refractivity contribution < 1.29 is 4.79 Å². The summed E-state index contributed by atoms with van der Waals surface area (Å²) in [5.74, 6) is 1.99. The summed E-state index contributed by atoms with van der Waals surface area (Å²) in [7, 11) is 0. The van der Waals surface area contributed by atoms with Gasteiger partial charge in [-0.15, -0.1) is 10.2 Å². The smallest absolute Gasteiger partial charge is 0.226 e. The number of aromatic nitrogens is 4. The molecule has 5 rings (SSSR count). The van der Waals surface area contributed by atoms with Crippen molar-refractivity contribution in [2.45, 2.75) is 38.5 Å². The summed E-state index contributed by atoms with van der Waals surface area (Å²) in [5.41, 5.74) is 2.86. The molecule has 1 amide bonds. The first-order valence-electron chi connectivity index (χ1n) is 10.3. The Labute approximate surface area is 180 Å². The van der Waals surface area contributed by atoms with Crippen molar-refractivity contribution in [1.82, 2.24) is 20.0 Å². The largest absolute Gasteiger partial charge is 0.355 e. The Morgan fingerprint density at radius 1 is 1.07 bits per heavy atom. The van der Waals surface area contributed by atoms with Gasteiger partial charge in [-0.1, -0.05) is 23.7 Å². The lowest BCUT2D eigenvalue weighted by Crippen LogP contribution is -2.30. The molecule has 1 N–H and O–H groups in total. The van der Waals surface area contributed by atoms with Crippen LogP contribution in [-0.4, -0.2) is 39.0 Å². The van der Waals surface area contributed by atoms with Gasteiger partial charge < -0.3 is 10.2 Å². The number of hydrogen-bond donors (Lipinski definition) is 1. The molecule has 1 atom stereocenters. The van der Waals surface area contributed by atoms with Gasteiger partial charge in [0.1, 0.15) is 5.82 Å².